The molecule has 2 fully saturated rings. The number of nitrogens with zero attached hydrogens (tertiary/aromatic N) is 4. The van der Waals surface area contributed by atoms with Gasteiger partial charge in [0.1, 0.15) is 43.0 Å². The lowest BCUT2D eigenvalue weighted by Crippen LogP contribution is -2.66. The predicted molar refractivity (Wildman–Crippen MR) is 149 cm³/mol. The number of hydrogen-bond donors (Lipinski definition) is 6. The molecule has 4 aromatic rings. The largest absolute Gasteiger partial charge is 0.388 e. The van der Waals surface area contributed by atoms with E-state index in [2.05, 4.69) is 20.3 Å². The molecule has 15 heteroatoms. The summed E-state index contributed by atoms with van der Waals surface area (Å²) in [6, 6.07) is 16.3. The van der Waals surface area contributed by atoms with Gasteiger partial charge in [0.2, 0.25) is 5.78 Å². The highest BCUT2D eigenvalue weighted by atomic mass is 16.7. The Labute approximate surface area is 249 Å². The summed E-state index contributed by atoms with van der Waals surface area (Å²) >= 11 is 0. The number of rotatable bonds is 8. The number of aromatic nitrogens is 4. The molecule has 0 aliphatic carbocycles. The first-order valence-electron chi connectivity index (χ1n) is 13.7. The lowest BCUT2D eigenvalue weighted by atomic mass is 9.90. The standard InChI is InChI=1S/C29H29N5O10/c35-17-11-42-29(24(40)20(17)36,23(39)15-7-3-1-4-8-15)43-12-18-21(37)22(38)28(44-18)34-14-32-19-25(30-13-31-26(19)34)33-27(41)16-9-5-2-6-10-16/h1-10,13-14,17-18,20-22,24,28,35-38,40H,11-12H2,(H,30,31,33,41)/t17-,18-,20-,21-,22-,24-,28-,29?/m1/s1. The minimum atomic E-state index is -2.45. The molecule has 0 radical (unpaired) electrons. The maximum Gasteiger partial charge on any atom is 0.263 e. The summed E-state index contributed by atoms with van der Waals surface area (Å²) in [7, 11) is 0. The number of hydrogen-bond acceptors (Lipinski definition) is 13. The SMILES string of the molecule is O=C(Nc1ncnc2c1ncn2[C@@H]1O[C@H](COC2(C(=O)c3ccccc3)OC[C@@H](O)[C@@H](O)[C@H]2O)[C@@H](O)[C@H]1O)c1ccccc1. The molecule has 1 unspecified atom stereocenters. The minimum absolute atomic E-state index is 0.0978. The number of amides is 1. The van der Waals surface area contributed by atoms with Crippen molar-refractivity contribution in [3.63, 3.8) is 0 Å². The molecular formula is C29H29N5O10. The van der Waals surface area contributed by atoms with Crippen LogP contribution < -0.4 is 5.32 Å². The van der Waals surface area contributed by atoms with Crippen molar-refractivity contribution in [2.75, 3.05) is 18.5 Å². The monoisotopic (exact) mass is 607 g/mol. The summed E-state index contributed by atoms with van der Waals surface area (Å²) in [5.74, 6) is -3.59. The molecule has 0 bridgehead atoms. The van der Waals surface area contributed by atoms with Gasteiger partial charge in [-0.05, 0) is 12.1 Å². The van der Waals surface area contributed by atoms with E-state index in [0.717, 1.165) is 0 Å². The van der Waals surface area contributed by atoms with Crippen molar-refractivity contribution in [3.05, 3.63) is 84.4 Å². The maximum absolute atomic E-state index is 13.5. The molecule has 1 amide bonds. The van der Waals surface area contributed by atoms with Crippen LogP contribution in [0.2, 0.25) is 0 Å². The number of ether oxygens (including phenoxy) is 3. The molecule has 2 aromatic carbocycles. The lowest BCUT2D eigenvalue weighted by Gasteiger charge is -2.43. The molecule has 6 N–H and O–H groups in total. The Bertz CT molecular complexity index is 1640. The second-order valence-corrected chi connectivity index (χ2v) is 10.4. The van der Waals surface area contributed by atoms with Crippen LogP contribution in [0, 0.1) is 0 Å². The smallest absolute Gasteiger partial charge is 0.263 e. The van der Waals surface area contributed by atoms with E-state index < -0.39 is 73.5 Å². The molecule has 0 saturated carbocycles. The van der Waals surface area contributed by atoms with Crippen LogP contribution in [-0.2, 0) is 14.2 Å². The predicted octanol–water partition coefficient (Wildman–Crippen LogP) is -0.593. The first-order valence-corrected chi connectivity index (χ1v) is 13.7. The first kappa shape index (κ1) is 29.9. The number of carbonyl (C=O) groups excluding carboxylic acids is 2. The molecule has 0 spiro atoms. The summed E-state index contributed by atoms with van der Waals surface area (Å²) in [5.41, 5.74) is 0.873. The van der Waals surface area contributed by atoms with Crippen molar-refractivity contribution >= 4 is 28.7 Å². The number of benzene rings is 2. The third kappa shape index (κ3) is 5.25. The third-order valence-corrected chi connectivity index (χ3v) is 7.63. The van der Waals surface area contributed by atoms with Gasteiger partial charge in [0.05, 0.1) is 19.5 Å². The van der Waals surface area contributed by atoms with Crippen LogP contribution in [0.3, 0.4) is 0 Å². The molecule has 8 atom stereocenters. The normalized spacial score (nSPS) is 30.3. The fourth-order valence-electron chi connectivity index (χ4n) is 5.21. The summed E-state index contributed by atoms with van der Waals surface area (Å²) < 4.78 is 18.6. The van der Waals surface area contributed by atoms with Crippen molar-refractivity contribution < 1.29 is 49.3 Å². The van der Waals surface area contributed by atoms with Crippen molar-refractivity contribution in [2.24, 2.45) is 0 Å². The van der Waals surface area contributed by atoms with E-state index in [4.69, 9.17) is 14.2 Å². The molecule has 44 heavy (non-hydrogen) atoms. The van der Waals surface area contributed by atoms with Crippen LogP contribution >= 0.6 is 0 Å². The highest BCUT2D eigenvalue weighted by Gasteiger charge is 2.57. The van der Waals surface area contributed by atoms with E-state index in [9.17, 15) is 35.1 Å². The molecule has 4 heterocycles. The zero-order valence-corrected chi connectivity index (χ0v) is 23.0. The summed E-state index contributed by atoms with van der Waals surface area (Å²) in [5, 5.41) is 55.7. The average molecular weight is 608 g/mol. The van der Waals surface area contributed by atoms with E-state index in [-0.39, 0.29) is 22.5 Å². The first-order chi connectivity index (χ1) is 21.2. The van der Waals surface area contributed by atoms with Gasteiger partial charge in [-0.15, -0.1) is 0 Å². The molecule has 15 nitrogen and oxygen atoms in total. The van der Waals surface area contributed by atoms with E-state index in [0.29, 0.717) is 5.56 Å². The molecular weight excluding hydrogens is 578 g/mol. The van der Waals surface area contributed by atoms with Crippen molar-refractivity contribution in [1.82, 2.24) is 19.5 Å². The summed E-state index contributed by atoms with van der Waals surface area (Å²) in [4.78, 5) is 38.8. The highest BCUT2D eigenvalue weighted by Crippen LogP contribution is 2.36. The summed E-state index contributed by atoms with van der Waals surface area (Å²) in [6.07, 6.45) is -8.33. The van der Waals surface area contributed by atoms with Crippen LogP contribution in [0.1, 0.15) is 26.9 Å². The van der Waals surface area contributed by atoms with Gasteiger partial charge >= 0.3 is 0 Å². The van der Waals surface area contributed by atoms with E-state index in [1.807, 2.05) is 0 Å². The maximum atomic E-state index is 13.5. The van der Waals surface area contributed by atoms with Gasteiger partial charge in [0.15, 0.2) is 23.2 Å². The van der Waals surface area contributed by atoms with Crippen molar-refractivity contribution in [3.8, 4) is 0 Å². The number of aliphatic hydroxyl groups is 5. The number of nitrogens with one attached hydrogen (secondary N) is 1. The topological polar surface area (TPSA) is 219 Å². The number of carbonyl (C=O) groups is 2. The highest BCUT2D eigenvalue weighted by molar-refractivity contribution is 6.06. The van der Waals surface area contributed by atoms with Crippen LogP contribution in [0.15, 0.2) is 73.3 Å². The second-order valence-electron chi connectivity index (χ2n) is 10.4. The number of fused-ring (bicyclic) bond motifs is 1. The Morgan fingerprint density at radius 2 is 1.59 bits per heavy atom. The lowest BCUT2D eigenvalue weighted by molar-refractivity contribution is -0.316. The fraction of sp³-hybridized carbons (Fsp3) is 0.345. The number of anilines is 1. The van der Waals surface area contributed by atoms with Gasteiger partial charge in [-0.25, -0.2) is 15.0 Å². The molecule has 2 aromatic heterocycles. The number of aliphatic hydroxyl groups excluding tert-OH is 5. The minimum Gasteiger partial charge on any atom is -0.388 e. The molecule has 230 valence electrons. The molecule has 2 aliphatic heterocycles. The molecule has 6 rings (SSSR count). The zero-order chi connectivity index (χ0) is 31.0. The van der Waals surface area contributed by atoms with Gasteiger partial charge < -0.3 is 45.1 Å². The van der Waals surface area contributed by atoms with E-state index >= 15 is 0 Å². The quantitative estimate of drug-likeness (QED) is 0.138. The third-order valence-electron chi connectivity index (χ3n) is 7.63. The van der Waals surface area contributed by atoms with E-state index in [1.54, 1.807) is 48.5 Å². The Kier molecular flexibility index (Phi) is 8.19. The van der Waals surface area contributed by atoms with Gasteiger partial charge in [-0.3, -0.25) is 14.2 Å². The second kappa shape index (κ2) is 12.1. The van der Waals surface area contributed by atoms with Gasteiger partial charge in [0.25, 0.3) is 11.7 Å². The number of imidazole rings is 1. The summed E-state index contributed by atoms with van der Waals surface area (Å²) in [6.45, 7) is -1.10. The fourth-order valence-corrected chi connectivity index (χ4v) is 5.21. The number of ketones is 1. The molecule has 2 aliphatic rings. The van der Waals surface area contributed by atoms with Gasteiger partial charge in [-0.1, -0.05) is 48.5 Å². The molecule has 2 saturated heterocycles. The Hall–Kier alpha value is -4.19. The Morgan fingerprint density at radius 3 is 2.30 bits per heavy atom. The van der Waals surface area contributed by atoms with Gasteiger partial charge in [0, 0.05) is 11.1 Å². The Morgan fingerprint density at radius 1 is 0.909 bits per heavy atom. The van der Waals surface area contributed by atoms with Crippen molar-refractivity contribution in [1.29, 1.82) is 0 Å². The Balaban J connectivity index is 1.22. The van der Waals surface area contributed by atoms with Crippen molar-refractivity contribution in [2.45, 2.75) is 48.6 Å². The van der Waals surface area contributed by atoms with Crippen LogP contribution in [0.5, 0.6) is 0 Å². The average Bonchev–Trinajstić information content (AvgIpc) is 3.61. The zero-order valence-electron chi connectivity index (χ0n) is 23.0. The van der Waals surface area contributed by atoms with Gasteiger partial charge in [-0.2, -0.15) is 0 Å². The van der Waals surface area contributed by atoms with Crippen LogP contribution in [0.4, 0.5) is 5.82 Å². The van der Waals surface area contributed by atoms with Crippen LogP contribution in [0.25, 0.3) is 11.2 Å². The van der Waals surface area contributed by atoms with E-state index in [1.165, 1.54) is 29.4 Å². The van der Waals surface area contributed by atoms with Crippen LogP contribution in [-0.4, -0.2) is 112 Å². The number of Topliss-reactive ketones (excluding diaryl/α,β-unsaturated/α-hetero) is 1.